The van der Waals surface area contributed by atoms with E-state index in [4.69, 9.17) is 0 Å². The molecule has 0 aliphatic heterocycles. The second-order valence-corrected chi connectivity index (χ2v) is 7.03. The Kier molecular flexibility index (Phi) is 4.51. The van der Waals surface area contributed by atoms with Crippen LogP contribution < -0.4 is 5.32 Å². The summed E-state index contributed by atoms with van der Waals surface area (Å²) in [6.07, 6.45) is 4.62. The molecular formula is C20H19N3O2S. The van der Waals surface area contributed by atoms with Crippen molar-refractivity contribution in [3.05, 3.63) is 52.6 Å². The Morgan fingerprint density at radius 3 is 2.42 bits per heavy atom. The molecule has 1 aliphatic rings. The Balaban J connectivity index is 1.76. The maximum absolute atomic E-state index is 13.0. The normalized spacial score (nSPS) is 13.0. The van der Waals surface area contributed by atoms with Crippen molar-refractivity contribution in [2.75, 3.05) is 11.9 Å². The lowest BCUT2D eigenvalue weighted by Gasteiger charge is -2.19. The van der Waals surface area contributed by atoms with Gasteiger partial charge in [0.25, 0.3) is 0 Å². The van der Waals surface area contributed by atoms with Crippen LogP contribution in [0.1, 0.15) is 64.4 Å². The number of fused-ring (bicyclic) bond motifs is 4. The average Bonchev–Trinajstić information content (AvgIpc) is 3.15. The molecule has 0 saturated heterocycles. The van der Waals surface area contributed by atoms with E-state index < -0.39 is 0 Å². The molecule has 6 heteroatoms. The van der Waals surface area contributed by atoms with E-state index in [1.807, 2.05) is 0 Å². The molecule has 0 saturated carbocycles. The van der Waals surface area contributed by atoms with Gasteiger partial charge in [0.2, 0.25) is 0 Å². The third kappa shape index (κ3) is 2.70. The Labute approximate surface area is 155 Å². The van der Waals surface area contributed by atoms with E-state index in [-0.39, 0.29) is 11.6 Å². The van der Waals surface area contributed by atoms with Crippen LogP contribution in [-0.2, 0) is 0 Å². The zero-order valence-electron chi connectivity index (χ0n) is 14.5. The van der Waals surface area contributed by atoms with E-state index >= 15 is 0 Å². The van der Waals surface area contributed by atoms with Gasteiger partial charge in [-0.05, 0) is 12.5 Å². The first-order valence-electron chi connectivity index (χ1n) is 8.94. The lowest BCUT2D eigenvalue weighted by atomic mass is 9.83. The number of hydrogen-bond donors (Lipinski definition) is 1. The predicted molar refractivity (Wildman–Crippen MR) is 103 cm³/mol. The SMILES string of the molecule is CCCCCCNc1cc2c(c3nsnc13)C(=O)c1ccccc1C2=O. The minimum atomic E-state index is -0.151. The highest BCUT2D eigenvalue weighted by atomic mass is 32.1. The number of carbonyl (C=O) groups is 2. The van der Waals surface area contributed by atoms with Gasteiger partial charge in [0.1, 0.15) is 11.0 Å². The lowest BCUT2D eigenvalue weighted by Crippen LogP contribution is -2.21. The molecule has 0 bridgehead atoms. The third-order valence-electron chi connectivity index (χ3n) is 4.77. The summed E-state index contributed by atoms with van der Waals surface area (Å²) in [4.78, 5) is 25.9. The van der Waals surface area contributed by atoms with Gasteiger partial charge in [0, 0.05) is 23.2 Å². The highest BCUT2D eigenvalue weighted by molar-refractivity contribution is 7.00. The zero-order valence-corrected chi connectivity index (χ0v) is 15.4. The molecule has 3 aromatic rings. The first-order chi connectivity index (χ1) is 12.7. The summed E-state index contributed by atoms with van der Waals surface area (Å²) < 4.78 is 8.69. The number of nitrogens with one attached hydrogen (secondary N) is 1. The number of unbranched alkanes of at least 4 members (excludes halogenated alkanes) is 3. The largest absolute Gasteiger partial charge is 0.383 e. The number of benzene rings is 2. The fourth-order valence-corrected chi connectivity index (χ4v) is 3.99. The fraction of sp³-hybridized carbons (Fsp3) is 0.300. The summed E-state index contributed by atoms with van der Waals surface area (Å²) in [6.45, 7) is 2.99. The van der Waals surface area contributed by atoms with Gasteiger partial charge in [0.05, 0.1) is 23.0 Å². The van der Waals surface area contributed by atoms with Gasteiger partial charge < -0.3 is 5.32 Å². The monoisotopic (exact) mass is 365 g/mol. The number of ketones is 2. The van der Waals surface area contributed by atoms with E-state index in [2.05, 4.69) is 21.0 Å². The molecule has 26 heavy (non-hydrogen) atoms. The summed E-state index contributed by atoms with van der Waals surface area (Å²) in [7, 11) is 0. The average molecular weight is 365 g/mol. The van der Waals surface area contributed by atoms with E-state index in [9.17, 15) is 9.59 Å². The highest BCUT2D eigenvalue weighted by Crippen LogP contribution is 2.35. The maximum atomic E-state index is 13.0. The van der Waals surface area contributed by atoms with E-state index in [1.54, 1.807) is 30.3 Å². The molecular weight excluding hydrogens is 346 g/mol. The van der Waals surface area contributed by atoms with Crippen molar-refractivity contribution in [2.24, 2.45) is 0 Å². The van der Waals surface area contributed by atoms with Gasteiger partial charge in [-0.3, -0.25) is 9.59 Å². The summed E-state index contributed by atoms with van der Waals surface area (Å²) in [5, 5.41) is 3.38. The summed E-state index contributed by atoms with van der Waals surface area (Å²) in [5.41, 5.74) is 3.69. The van der Waals surface area contributed by atoms with Gasteiger partial charge in [-0.2, -0.15) is 8.75 Å². The zero-order chi connectivity index (χ0) is 18.1. The molecule has 2 aromatic carbocycles. The molecule has 1 aliphatic carbocycles. The molecule has 4 rings (SSSR count). The Bertz CT molecular complexity index is 1010. The lowest BCUT2D eigenvalue weighted by molar-refractivity contribution is 0.0980. The Hall–Kier alpha value is -2.60. The van der Waals surface area contributed by atoms with Crippen LogP contribution in [0, 0.1) is 0 Å². The van der Waals surface area contributed by atoms with Crippen LogP contribution in [0.5, 0.6) is 0 Å². The first-order valence-corrected chi connectivity index (χ1v) is 9.67. The molecule has 0 spiro atoms. The smallest absolute Gasteiger partial charge is 0.196 e. The third-order valence-corrected chi connectivity index (χ3v) is 5.30. The van der Waals surface area contributed by atoms with Crippen molar-refractivity contribution < 1.29 is 9.59 Å². The minimum Gasteiger partial charge on any atom is -0.383 e. The van der Waals surface area contributed by atoms with Crippen LogP contribution in [0.25, 0.3) is 11.0 Å². The number of anilines is 1. The number of nitrogens with zero attached hydrogens (tertiary/aromatic N) is 2. The van der Waals surface area contributed by atoms with Crippen LogP contribution in [0.3, 0.4) is 0 Å². The quantitative estimate of drug-likeness (QED) is 0.511. The van der Waals surface area contributed by atoms with E-state index in [0.29, 0.717) is 33.3 Å². The van der Waals surface area contributed by atoms with Crippen LogP contribution >= 0.6 is 11.7 Å². The van der Waals surface area contributed by atoms with Gasteiger partial charge in [-0.1, -0.05) is 50.5 Å². The van der Waals surface area contributed by atoms with Crippen molar-refractivity contribution >= 4 is 40.0 Å². The van der Waals surface area contributed by atoms with Crippen molar-refractivity contribution in [1.82, 2.24) is 8.75 Å². The van der Waals surface area contributed by atoms with Crippen molar-refractivity contribution in [1.29, 1.82) is 0 Å². The van der Waals surface area contributed by atoms with E-state index in [0.717, 1.165) is 36.8 Å². The van der Waals surface area contributed by atoms with E-state index in [1.165, 1.54) is 12.8 Å². The van der Waals surface area contributed by atoms with Crippen LogP contribution in [0.2, 0.25) is 0 Å². The van der Waals surface area contributed by atoms with Crippen LogP contribution in [0.15, 0.2) is 30.3 Å². The van der Waals surface area contributed by atoms with Gasteiger partial charge in [-0.25, -0.2) is 0 Å². The summed E-state index contributed by atoms with van der Waals surface area (Å²) in [6, 6.07) is 8.74. The summed E-state index contributed by atoms with van der Waals surface area (Å²) in [5.74, 6) is -0.276. The molecule has 1 aromatic heterocycles. The van der Waals surface area contributed by atoms with Crippen molar-refractivity contribution in [3.63, 3.8) is 0 Å². The van der Waals surface area contributed by atoms with Gasteiger partial charge in [0.15, 0.2) is 11.6 Å². The van der Waals surface area contributed by atoms with Crippen molar-refractivity contribution in [3.8, 4) is 0 Å². The molecule has 0 fully saturated rings. The fourth-order valence-electron chi connectivity index (χ4n) is 3.42. The second kappa shape index (κ2) is 6.96. The number of aromatic nitrogens is 2. The number of rotatable bonds is 6. The summed E-state index contributed by atoms with van der Waals surface area (Å²) >= 11 is 1.07. The highest BCUT2D eigenvalue weighted by Gasteiger charge is 2.33. The second-order valence-electron chi connectivity index (χ2n) is 6.50. The van der Waals surface area contributed by atoms with Crippen molar-refractivity contribution in [2.45, 2.75) is 32.6 Å². The number of hydrogen-bond acceptors (Lipinski definition) is 6. The van der Waals surface area contributed by atoms with Gasteiger partial charge >= 0.3 is 0 Å². The topological polar surface area (TPSA) is 72.0 Å². The van der Waals surface area contributed by atoms with Crippen LogP contribution in [-0.4, -0.2) is 26.9 Å². The standard InChI is InChI=1S/C20H19N3O2S/c1-2-3-4-7-10-21-15-11-14-16(18-17(15)22-26-23-18)20(25)13-9-6-5-8-12(13)19(14)24/h5-6,8-9,11,21H,2-4,7,10H2,1H3. The molecule has 1 N–H and O–H groups in total. The molecule has 132 valence electrons. The molecule has 5 nitrogen and oxygen atoms in total. The molecule has 0 amide bonds. The Morgan fingerprint density at radius 2 is 1.65 bits per heavy atom. The molecule has 0 unspecified atom stereocenters. The maximum Gasteiger partial charge on any atom is 0.196 e. The molecule has 1 heterocycles. The number of carbonyl (C=O) groups excluding carboxylic acids is 2. The first kappa shape index (κ1) is 16.8. The molecule has 0 atom stereocenters. The Morgan fingerprint density at radius 1 is 0.923 bits per heavy atom. The minimum absolute atomic E-state index is 0.126. The van der Waals surface area contributed by atoms with Gasteiger partial charge in [-0.15, -0.1) is 0 Å². The molecule has 0 radical (unpaired) electrons. The van der Waals surface area contributed by atoms with Crippen LogP contribution in [0.4, 0.5) is 5.69 Å². The predicted octanol–water partition coefficient (Wildman–Crippen LogP) is 4.46.